The second kappa shape index (κ2) is 6.66. The van der Waals surface area contributed by atoms with Gasteiger partial charge in [-0.05, 0) is 36.2 Å². The van der Waals surface area contributed by atoms with E-state index in [1.807, 2.05) is 31.2 Å². The molecule has 0 aliphatic carbocycles. The number of hydrogen-bond donors (Lipinski definition) is 3. The highest BCUT2D eigenvalue weighted by Gasteiger charge is 2.21. The number of benzene rings is 2. The van der Waals surface area contributed by atoms with Crippen molar-refractivity contribution in [3.05, 3.63) is 53.6 Å². The van der Waals surface area contributed by atoms with Gasteiger partial charge in [-0.1, -0.05) is 24.3 Å². The fourth-order valence-corrected chi connectivity index (χ4v) is 3.53. The van der Waals surface area contributed by atoms with Crippen LogP contribution in [0.25, 0.3) is 0 Å². The molecular weight excluding hydrogens is 342 g/mol. The number of carbonyl (C=O) groups is 2. The summed E-state index contributed by atoms with van der Waals surface area (Å²) >= 11 is 0. The molecule has 130 valence electrons. The maximum Gasteiger partial charge on any atom is 0.240 e. The molecule has 0 bridgehead atoms. The second-order valence-corrected chi connectivity index (χ2v) is 7.50. The Kier molecular flexibility index (Phi) is 4.56. The number of anilines is 2. The van der Waals surface area contributed by atoms with Crippen LogP contribution in [0.2, 0.25) is 0 Å². The molecule has 1 heterocycles. The third-order valence-electron chi connectivity index (χ3n) is 3.88. The lowest BCUT2D eigenvalue weighted by Crippen LogP contribution is -2.23. The summed E-state index contributed by atoms with van der Waals surface area (Å²) in [6.07, 6.45) is -0.303. The molecule has 0 saturated carbocycles. The van der Waals surface area contributed by atoms with Gasteiger partial charge in [0.25, 0.3) is 0 Å². The van der Waals surface area contributed by atoms with Crippen molar-refractivity contribution in [1.29, 1.82) is 0 Å². The maximum absolute atomic E-state index is 12.5. The largest absolute Gasteiger partial charge is 0.324 e. The molecule has 0 radical (unpaired) electrons. The predicted octanol–water partition coefficient (Wildman–Crippen LogP) is 1.75. The van der Waals surface area contributed by atoms with Gasteiger partial charge < -0.3 is 10.6 Å². The van der Waals surface area contributed by atoms with E-state index in [-0.39, 0.29) is 23.5 Å². The molecule has 7 nitrogen and oxygen atoms in total. The van der Waals surface area contributed by atoms with Crippen molar-refractivity contribution >= 4 is 33.2 Å². The third kappa shape index (κ3) is 3.86. The standard InChI is InChI=1S/C17H17N3O4S/c1-11-4-2-3-5-12(11)10-18-25(23,24)13-6-7-14-15(8-13)20-17(22)9-16(21)19-14/h2-8,18H,9-10H2,1H3,(H,19,21)(H,20,22). The van der Waals surface area contributed by atoms with Crippen molar-refractivity contribution in [2.45, 2.75) is 24.8 Å². The van der Waals surface area contributed by atoms with Crippen LogP contribution in [0.5, 0.6) is 0 Å². The molecule has 2 aromatic rings. The minimum absolute atomic E-state index is 0.0104. The summed E-state index contributed by atoms with van der Waals surface area (Å²) in [5.41, 5.74) is 2.49. The smallest absolute Gasteiger partial charge is 0.240 e. The zero-order valence-corrected chi connectivity index (χ0v) is 14.3. The molecule has 0 aromatic heterocycles. The first-order chi connectivity index (χ1) is 11.8. The van der Waals surface area contributed by atoms with E-state index < -0.39 is 21.8 Å². The van der Waals surface area contributed by atoms with E-state index in [0.717, 1.165) is 11.1 Å². The van der Waals surface area contributed by atoms with Gasteiger partial charge in [-0.15, -0.1) is 0 Å². The summed E-state index contributed by atoms with van der Waals surface area (Å²) in [5.74, 6) is -0.928. The number of carbonyl (C=O) groups excluding carboxylic acids is 2. The molecule has 3 N–H and O–H groups in total. The Morgan fingerprint density at radius 1 is 1.00 bits per heavy atom. The zero-order chi connectivity index (χ0) is 18.0. The van der Waals surface area contributed by atoms with Crippen molar-refractivity contribution < 1.29 is 18.0 Å². The summed E-state index contributed by atoms with van der Waals surface area (Å²) in [6.45, 7) is 2.07. The molecule has 2 aromatic carbocycles. The Morgan fingerprint density at radius 2 is 1.68 bits per heavy atom. The van der Waals surface area contributed by atoms with Crippen molar-refractivity contribution in [2.24, 2.45) is 0 Å². The molecular formula is C17H17N3O4S. The van der Waals surface area contributed by atoms with Gasteiger partial charge in [0.05, 0.1) is 16.3 Å². The van der Waals surface area contributed by atoms with Crippen LogP contribution in [0, 0.1) is 6.92 Å². The Morgan fingerprint density at radius 3 is 2.40 bits per heavy atom. The topological polar surface area (TPSA) is 104 Å². The van der Waals surface area contributed by atoms with Gasteiger partial charge in [0.15, 0.2) is 0 Å². The summed E-state index contributed by atoms with van der Waals surface area (Å²) in [5, 5.41) is 5.09. The third-order valence-corrected chi connectivity index (χ3v) is 5.28. The molecule has 3 rings (SSSR count). The number of rotatable bonds is 4. The predicted molar refractivity (Wildman–Crippen MR) is 93.5 cm³/mol. The van der Waals surface area contributed by atoms with E-state index in [9.17, 15) is 18.0 Å². The van der Waals surface area contributed by atoms with Gasteiger partial charge >= 0.3 is 0 Å². The van der Waals surface area contributed by atoms with E-state index in [4.69, 9.17) is 0 Å². The van der Waals surface area contributed by atoms with Crippen molar-refractivity contribution in [3.63, 3.8) is 0 Å². The van der Waals surface area contributed by atoms with E-state index >= 15 is 0 Å². The van der Waals surface area contributed by atoms with Crippen LogP contribution in [-0.2, 0) is 26.2 Å². The molecule has 0 unspecified atom stereocenters. The van der Waals surface area contributed by atoms with Crippen LogP contribution in [-0.4, -0.2) is 20.2 Å². The van der Waals surface area contributed by atoms with E-state index in [1.54, 1.807) is 0 Å². The van der Waals surface area contributed by atoms with Gasteiger partial charge in [0.2, 0.25) is 21.8 Å². The zero-order valence-electron chi connectivity index (χ0n) is 13.5. The van der Waals surface area contributed by atoms with Crippen LogP contribution in [0.4, 0.5) is 11.4 Å². The minimum atomic E-state index is -3.77. The number of aryl methyl sites for hydroxylation is 1. The van der Waals surface area contributed by atoms with Gasteiger partial charge in [0.1, 0.15) is 6.42 Å². The summed E-state index contributed by atoms with van der Waals surface area (Å²) in [6, 6.07) is 11.7. The second-order valence-electron chi connectivity index (χ2n) is 5.73. The highest BCUT2D eigenvalue weighted by atomic mass is 32.2. The quantitative estimate of drug-likeness (QED) is 0.724. The first-order valence-electron chi connectivity index (χ1n) is 7.63. The Labute approximate surface area is 145 Å². The molecule has 0 spiro atoms. The molecule has 0 atom stereocenters. The Hall–Kier alpha value is -2.71. The van der Waals surface area contributed by atoms with Crippen LogP contribution >= 0.6 is 0 Å². The number of amides is 2. The lowest BCUT2D eigenvalue weighted by Gasteiger charge is -2.12. The van der Waals surface area contributed by atoms with Crippen LogP contribution in [0.1, 0.15) is 17.5 Å². The molecule has 2 amide bonds. The summed E-state index contributed by atoms with van der Waals surface area (Å²) < 4.78 is 27.6. The van der Waals surface area contributed by atoms with E-state index in [0.29, 0.717) is 5.69 Å². The molecule has 8 heteroatoms. The Bertz CT molecular complexity index is 954. The number of hydrogen-bond acceptors (Lipinski definition) is 4. The first-order valence-corrected chi connectivity index (χ1v) is 9.11. The lowest BCUT2D eigenvalue weighted by molar-refractivity contribution is -0.123. The van der Waals surface area contributed by atoms with Crippen molar-refractivity contribution in [3.8, 4) is 0 Å². The fourth-order valence-electron chi connectivity index (χ4n) is 2.50. The van der Waals surface area contributed by atoms with Crippen LogP contribution in [0.3, 0.4) is 0 Å². The minimum Gasteiger partial charge on any atom is -0.324 e. The molecule has 1 aliphatic heterocycles. The van der Waals surface area contributed by atoms with Crippen molar-refractivity contribution in [2.75, 3.05) is 10.6 Å². The first kappa shape index (κ1) is 17.1. The molecule has 0 saturated heterocycles. The normalized spacial score (nSPS) is 14.3. The number of fused-ring (bicyclic) bond motifs is 1. The average molecular weight is 359 g/mol. The van der Waals surface area contributed by atoms with Gasteiger partial charge in [0, 0.05) is 6.54 Å². The molecule has 25 heavy (non-hydrogen) atoms. The molecule has 1 aliphatic rings. The Balaban J connectivity index is 1.84. The van der Waals surface area contributed by atoms with Crippen LogP contribution < -0.4 is 15.4 Å². The highest BCUT2D eigenvalue weighted by Crippen LogP contribution is 2.27. The van der Waals surface area contributed by atoms with E-state index in [2.05, 4.69) is 15.4 Å². The molecule has 0 fully saturated rings. The number of sulfonamides is 1. The van der Waals surface area contributed by atoms with Gasteiger partial charge in [-0.3, -0.25) is 9.59 Å². The summed E-state index contributed by atoms with van der Waals surface area (Å²) in [4.78, 5) is 23.2. The lowest BCUT2D eigenvalue weighted by atomic mass is 10.1. The average Bonchev–Trinajstić information content (AvgIpc) is 2.69. The van der Waals surface area contributed by atoms with Gasteiger partial charge in [-0.2, -0.15) is 0 Å². The SMILES string of the molecule is Cc1ccccc1CNS(=O)(=O)c1ccc2c(c1)NC(=O)CC(=O)N2. The monoisotopic (exact) mass is 359 g/mol. The van der Waals surface area contributed by atoms with Crippen molar-refractivity contribution in [1.82, 2.24) is 4.72 Å². The van der Waals surface area contributed by atoms with Crippen LogP contribution in [0.15, 0.2) is 47.4 Å². The van der Waals surface area contributed by atoms with Gasteiger partial charge in [-0.25, -0.2) is 13.1 Å². The summed E-state index contributed by atoms with van der Waals surface area (Å²) in [7, 11) is -3.77. The number of nitrogens with one attached hydrogen (secondary N) is 3. The highest BCUT2D eigenvalue weighted by molar-refractivity contribution is 7.89. The maximum atomic E-state index is 12.5. The fraction of sp³-hybridized carbons (Fsp3) is 0.176. The van der Waals surface area contributed by atoms with E-state index in [1.165, 1.54) is 18.2 Å².